The number of carbonyl (C=O) groups is 1. The number of halogens is 1. The maximum Gasteiger partial charge on any atom is 0.286 e. The van der Waals surface area contributed by atoms with Crippen LogP contribution in [0.15, 0.2) is 74.7 Å². The Morgan fingerprint density at radius 3 is 2.69 bits per heavy atom. The van der Waals surface area contributed by atoms with Crippen LogP contribution in [-0.2, 0) is 14.8 Å². The quantitative estimate of drug-likeness (QED) is 0.664. The summed E-state index contributed by atoms with van der Waals surface area (Å²) < 4.78 is 47.0. The van der Waals surface area contributed by atoms with Gasteiger partial charge in [-0.3, -0.25) is 4.79 Å². The summed E-state index contributed by atoms with van der Waals surface area (Å²) in [5.74, 6) is -1.26. The minimum absolute atomic E-state index is 0.0137. The molecule has 0 amide bonds. The number of fused-ring (bicyclic) bond motifs is 1. The third kappa shape index (κ3) is 3.95. The second kappa shape index (κ2) is 7.59. The van der Waals surface area contributed by atoms with E-state index < -0.39 is 21.6 Å². The van der Waals surface area contributed by atoms with Gasteiger partial charge < -0.3 is 9.73 Å². The van der Waals surface area contributed by atoms with Crippen LogP contribution in [-0.4, -0.2) is 25.0 Å². The van der Waals surface area contributed by atoms with E-state index in [4.69, 9.17) is 4.42 Å². The fourth-order valence-corrected chi connectivity index (χ4v) is 4.32. The van der Waals surface area contributed by atoms with Crippen molar-refractivity contribution in [2.45, 2.75) is 23.7 Å². The Bertz CT molecular complexity index is 1180. The summed E-state index contributed by atoms with van der Waals surface area (Å²) in [6.07, 6.45) is 3.35. The molecule has 2 aromatic carbocycles. The average Bonchev–Trinajstić information content (AvgIpc) is 3.23. The summed E-state index contributed by atoms with van der Waals surface area (Å²) in [7, 11) is -4.16. The number of rotatable bonds is 6. The number of aromatic nitrogens is 1. The molecule has 7 nitrogen and oxygen atoms in total. The monoisotopic (exact) mass is 413 g/mol. The van der Waals surface area contributed by atoms with Crippen molar-refractivity contribution in [3.63, 3.8) is 0 Å². The van der Waals surface area contributed by atoms with E-state index in [1.54, 1.807) is 0 Å². The predicted octanol–water partition coefficient (Wildman–Crippen LogP) is 3.51. The Balaban J connectivity index is 1.55. The highest BCUT2D eigenvalue weighted by Gasteiger charge is 2.29. The minimum Gasteiger partial charge on any atom is -0.448 e. The molecule has 0 bridgehead atoms. The summed E-state index contributed by atoms with van der Waals surface area (Å²) in [5, 5.41) is 2.69. The molecule has 3 aromatic rings. The summed E-state index contributed by atoms with van der Waals surface area (Å²) in [4.78, 5) is 16.6. The van der Waals surface area contributed by atoms with Crippen molar-refractivity contribution in [2.75, 3.05) is 5.32 Å². The van der Waals surface area contributed by atoms with E-state index in [1.807, 2.05) is 30.3 Å². The smallest absolute Gasteiger partial charge is 0.286 e. The van der Waals surface area contributed by atoms with E-state index in [0.29, 0.717) is 12.3 Å². The molecule has 9 heteroatoms. The van der Waals surface area contributed by atoms with E-state index in [-0.39, 0.29) is 28.8 Å². The Morgan fingerprint density at radius 1 is 1.17 bits per heavy atom. The molecule has 0 fully saturated rings. The maximum atomic E-state index is 13.4. The van der Waals surface area contributed by atoms with Crippen LogP contribution in [0.25, 0.3) is 0 Å². The van der Waals surface area contributed by atoms with Crippen LogP contribution in [0.4, 0.5) is 10.1 Å². The number of ketones is 1. The van der Waals surface area contributed by atoms with Crippen molar-refractivity contribution in [1.29, 1.82) is 0 Å². The highest BCUT2D eigenvalue weighted by molar-refractivity contribution is 7.90. The number of nitrogens with one attached hydrogen (secondary N) is 1. The molecular formula is C20H16FN3O4S. The van der Waals surface area contributed by atoms with Crippen molar-refractivity contribution in [2.24, 2.45) is 4.40 Å². The lowest BCUT2D eigenvalue weighted by molar-refractivity contribution is -0.113. The SMILES string of the molecule is O=C(CCC(c1ccccc1)c1ncco1)C1=NS(=O)(=O)c2cc(F)ccc2N1. The van der Waals surface area contributed by atoms with Crippen LogP contribution < -0.4 is 5.32 Å². The first-order chi connectivity index (χ1) is 13.9. The maximum absolute atomic E-state index is 13.4. The van der Waals surface area contributed by atoms with Crippen LogP contribution in [0.2, 0.25) is 0 Å². The van der Waals surface area contributed by atoms with Crippen molar-refractivity contribution in [1.82, 2.24) is 4.98 Å². The number of amidine groups is 1. The van der Waals surface area contributed by atoms with Gasteiger partial charge in [-0.15, -0.1) is 4.40 Å². The normalized spacial score (nSPS) is 15.7. The molecular weight excluding hydrogens is 397 g/mol. The zero-order valence-corrected chi connectivity index (χ0v) is 15.9. The van der Waals surface area contributed by atoms with Gasteiger partial charge >= 0.3 is 0 Å². The van der Waals surface area contributed by atoms with Gasteiger partial charge in [0.1, 0.15) is 17.0 Å². The summed E-state index contributed by atoms with van der Waals surface area (Å²) >= 11 is 0. The fourth-order valence-electron chi connectivity index (χ4n) is 3.17. The molecule has 1 N–H and O–H groups in total. The van der Waals surface area contributed by atoms with E-state index in [1.165, 1.54) is 18.5 Å². The van der Waals surface area contributed by atoms with Gasteiger partial charge in [-0.1, -0.05) is 30.3 Å². The number of nitrogens with zero attached hydrogens (tertiary/aromatic N) is 2. The van der Waals surface area contributed by atoms with Gasteiger partial charge in [0.25, 0.3) is 10.0 Å². The molecule has 1 aromatic heterocycles. The lowest BCUT2D eigenvalue weighted by Gasteiger charge is -2.18. The molecule has 0 aliphatic carbocycles. The number of oxazole rings is 1. The molecule has 1 aliphatic rings. The van der Waals surface area contributed by atoms with E-state index >= 15 is 0 Å². The molecule has 1 unspecified atom stereocenters. The van der Waals surface area contributed by atoms with Crippen molar-refractivity contribution in [3.05, 3.63) is 78.3 Å². The average molecular weight is 413 g/mol. The van der Waals surface area contributed by atoms with E-state index in [2.05, 4.69) is 14.7 Å². The molecule has 0 saturated heterocycles. The fraction of sp³-hybridized carbons (Fsp3) is 0.150. The lowest BCUT2D eigenvalue weighted by Crippen LogP contribution is -2.29. The Morgan fingerprint density at radius 2 is 1.97 bits per heavy atom. The number of carbonyl (C=O) groups excluding carboxylic acids is 1. The largest absolute Gasteiger partial charge is 0.448 e. The van der Waals surface area contributed by atoms with Crippen LogP contribution in [0, 0.1) is 5.82 Å². The Hall–Kier alpha value is -3.33. The zero-order valence-electron chi connectivity index (χ0n) is 15.1. The van der Waals surface area contributed by atoms with Crippen LogP contribution in [0.1, 0.15) is 30.2 Å². The van der Waals surface area contributed by atoms with Gasteiger partial charge in [-0.05, 0) is 30.2 Å². The molecule has 1 atom stereocenters. The first kappa shape index (κ1) is 19.0. The topological polar surface area (TPSA) is 102 Å². The standard InChI is InChI=1S/C20H16FN3O4S/c21-14-6-8-16-18(12-14)29(26,27)24-19(23-16)17(25)9-7-15(20-22-10-11-28-20)13-4-2-1-3-5-13/h1-6,8,10-12,15H,7,9H2,(H,23,24). The number of sulfonamides is 1. The highest BCUT2D eigenvalue weighted by Crippen LogP contribution is 2.30. The number of hydrogen-bond donors (Lipinski definition) is 1. The molecule has 148 valence electrons. The molecule has 0 radical (unpaired) electrons. The highest BCUT2D eigenvalue weighted by atomic mass is 32.2. The lowest BCUT2D eigenvalue weighted by atomic mass is 9.93. The molecule has 0 spiro atoms. The first-order valence-corrected chi connectivity index (χ1v) is 10.3. The molecule has 4 rings (SSSR count). The zero-order chi connectivity index (χ0) is 20.4. The molecule has 1 aliphatic heterocycles. The van der Waals surface area contributed by atoms with E-state index in [0.717, 1.165) is 17.7 Å². The summed E-state index contributed by atoms with van der Waals surface area (Å²) in [6, 6.07) is 12.7. The summed E-state index contributed by atoms with van der Waals surface area (Å²) in [6.45, 7) is 0. The molecule has 2 heterocycles. The summed E-state index contributed by atoms with van der Waals surface area (Å²) in [5.41, 5.74) is 1.05. The van der Waals surface area contributed by atoms with Gasteiger partial charge in [0, 0.05) is 6.42 Å². The van der Waals surface area contributed by atoms with Gasteiger partial charge in [0.15, 0.2) is 11.6 Å². The number of benzene rings is 2. The Kier molecular flexibility index (Phi) is 4.98. The number of hydrogen-bond acceptors (Lipinski definition) is 6. The van der Waals surface area contributed by atoms with Gasteiger partial charge in [-0.25, -0.2) is 9.37 Å². The number of Topliss-reactive ketones (excluding diaryl/α,β-unsaturated/α-hetero) is 1. The predicted molar refractivity (Wildman–Crippen MR) is 104 cm³/mol. The van der Waals surface area contributed by atoms with E-state index in [9.17, 15) is 17.6 Å². The van der Waals surface area contributed by atoms with Crippen LogP contribution in [0.5, 0.6) is 0 Å². The molecule has 29 heavy (non-hydrogen) atoms. The van der Waals surface area contributed by atoms with Crippen molar-refractivity contribution in [3.8, 4) is 0 Å². The van der Waals surface area contributed by atoms with Gasteiger partial charge in [0.2, 0.25) is 5.89 Å². The Labute approximate surface area is 166 Å². The minimum atomic E-state index is -4.16. The second-order valence-electron chi connectivity index (χ2n) is 6.48. The first-order valence-electron chi connectivity index (χ1n) is 8.83. The molecule has 0 saturated carbocycles. The van der Waals surface area contributed by atoms with Gasteiger partial charge in [-0.2, -0.15) is 8.42 Å². The third-order valence-corrected chi connectivity index (χ3v) is 5.88. The van der Waals surface area contributed by atoms with Crippen molar-refractivity contribution < 1.29 is 22.0 Å². The van der Waals surface area contributed by atoms with Crippen molar-refractivity contribution >= 4 is 27.3 Å². The number of anilines is 1. The van der Waals surface area contributed by atoms with Gasteiger partial charge in [0.05, 0.1) is 17.8 Å². The third-order valence-electron chi connectivity index (χ3n) is 4.56. The second-order valence-corrected chi connectivity index (χ2v) is 8.05. The van der Waals surface area contributed by atoms with Crippen LogP contribution in [0.3, 0.4) is 0 Å². The van der Waals surface area contributed by atoms with Crippen LogP contribution >= 0.6 is 0 Å².